The third-order valence-corrected chi connectivity index (χ3v) is 3.18. The Morgan fingerprint density at radius 3 is 2.63 bits per heavy atom. The molecule has 0 aliphatic rings. The van der Waals surface area contributed by atoms with Crippen LogP contribution < -0.4 is 5.32 Å². The largest absolute Gasteiger partial charge is 0.480 e. The standard InChI is InChI=1S/C12H14BrClN2O3/c1-7(2)16(6-11(17)18)12(19)15-10-5-8(13)3-4-9(10)14/h3-5,7H,6H2,1-2H3,(H,15,19)(H,17,18). The fourth-order valence-corrected chi connectivity index (χ4v) is 1.94. The number of rotatable bonds is 4. The van der Waals surface area contributed by atoms with Crippen LogP contribution in [0, 0.1) is 0 Å². The number of nitrogens with zero attached hydrogens (tertiary/aromatic N) is 1. The lowest BCUT2D eigenvalue weighted by Crippen LogP contribution is -2.43. The second kappa shape index (κ2) is 6.77. The van der Waals surface area contributed by atoms with Gasteiger partial charge in [0.2, 0.25) is 0 Å². The van der Waals surface area contributed by atoms with Crippen molar-refractivity contribution < 1.29 is 14.7 Å². The van der Waals surface area contributed by atoms with Gasteiger partial charge in [0.05, 0.1) is 10.7 Å². The Kier molecular flexibility index (Phi) is 5.62. The smallest absolute Gasteiger partial charge is 0.323 e. The third kappa shape index (κ3) is 4.72. The summed E-state index contributed by atoms with van der Waals surface area (Å²) in [6.45, 7) is 3.12. The maximum Gasteiger partial charge on any atom is 0.323 e. The molecule has 1 rings (SSSR count). The number of urea groups is 1. The Morgan fingerprint density at radius 1 is 1.47 bits per heavy atom. The minimum Gasteiger partial charge on any atom is -0.480 e. The molecule has 0 radical (unpaired) electrons. The quantitative estimate of drug-likeness (QED) is 0.875. The monoisotopic (exact) mass is 348 g/mol. The van der Waals surface area contributed by atoms with Crippen molar-refractivity contribution >= 4 is 45.2 Å². The van der Waals surface area contributed by atoms with Crippen LogP contribution in [0.5, 0.6) is 0 Å². The van der Waals surface area contributed by atoms with Crippen LogP contribution in [-0.4, -0.2) is 34.6 Å². The number of amides is 2. The fourth-order valence-electron chi connectivity index (χ4n) is 1.41. The van der Waals surface area contributed by atoms with Gasteiger partial charge in [-0.1, -0.05) is 27.5 Å². The summed E-state index contributed by atoms with van der Waals surface area (Å²) in [4.78, 5) is 24.0. The summed E-state index contributed by atoms with van der Waals surface area (Å²) in [6, 6.07) is 4.30. The average molecular weight is 350 g/mol. The van der Waals surface area contributed by atoms with E-state index in [1.165, 1.54) is 4.90 Å². The van der Waals surface area contributed by atoms with Crippen LogP contribution in [0.1, 0.15) is 13.8 Å². The molecule has 0 heterocycles. The summed E-state index contributed by atoms with van der Waals surface area (Å²) in [6.07, 6.45) is 0. The second-order valence-corrected chi connectivity index (χ2v) is 5.49. The zero-order valence-corrected chi connectivity index (χ0v) is 12.8. The molecule has 1 aromatic rings. The summed E-state index contributed by atoms with van der Waals surface area (Å²) >= 11 is 9.23. The predicted molar refractivity (Wildman–Crippen MR) is 77.6 cm³/mol. The predicted octanol–water partition coefficient (Wildman–Crippen LogP) is 3.43. The van der Waals surface area contributed by atoms with E-state index >= 15 is 0 Å². The Balaban J connectivity index is 2.87. The number of nitrogens with one attached hydrogen (secondary N) is 1. The van der Waals surface area contributed by atoms with E-state index in [1.807, 2.05) is 0 Å². The molecule has 5 nitrogen and oxygen atoms in total. The first-order valence-corrected chi connectivity index (χ1v) is 6.73. The highest BCUT2D eigenvalue weighted by atomic mass is 79.9. The van der Waals surface area contributed by atoms with E-state index in [9.17, 15) is 9.59 Å². The molecular weight excluding hydrogens is 336 g/mol. The van der Waals surface area contributed by atoms with Crippen molar-refractivity contribution in [2.75, 3.05) is 11.9 Å². The van der Waals surface area contributed by atoms with Crippen molar-refractivity contribution in [1.29, 1.82) is 0 Å². The van der Waals surface area contributed by atoms with Gasteiger partial charge in [0.25, 0.3) is 0 Å². The minimum absolute atomic E-state index is 0.234. The molecule has 7 heteroatoms. The van der Waals surface area contributed by atoms with Crippen LogP contribution in [-0.2, 0) is 4.79 Å². The van der Waals surface area contributed by atoms with Crippen molar-refractivity contribution in [1.82, 2.24) is 4.90 Å². The zero-order valence-electron chi connectivity index (χ0n) is 10.5. The first-order valence-electron chi connectivity index (χ1n) is 5.55. The van der Waals surface area contributed by atoms with E-state index in [2.05, 4.69) is 21.2 Å². The van der Waals surface area contributed by atoms with Gasteiger partial charge in [-0.3, -0.25) is 4.79 Å². The molecule has 2 amide bonds. The second-order valence-electron chi connectivity index (χ2n) is 4.17. The van der Waals surface area contributed by atoms with Crippen LogP contribution in [0.15, 0.2) is 22.7 Å². The molecule has 0 fully saturated rings. The molecule has 0 atom stereocenters. The number of hydrogen-bond acceptors (Lipinski definition) is 2. The maximum atomic E-state index is 12.0. The van der Waals surface area contributed by atoms with Gasteiger partial charge in [-0.15, -0.1) is 0 Å². The summed E-state index contributed by atoms with van der Waals surface area (Å²) in [5.74, 6) is -1.07. The molecule has 19 heavy (non-hydrogen) atoms. The number of hydrogen-bond donors (Lipinski definition) is 2. The lowest BCUT2D eigenvalue weighted by atomic mass is 10.3. The minimum atomic E-state index is -1.07. The van der Waals surface area contributed by atoms with Crippen LogP contribution in [0.25, 0.3) is 0 Å². The van der Waals surface area contributed by atoms with E-state index in [1.54, 1.807) is 32.0 Å². The van der Waals surface area contributed by atoms with Gasteiger partial charge in [-0.05, 0) is 32.0 Å². The highest BCUT2D eigenvalue weighted by Gasteiger charge is 2.20. The normalized spacial score (nSPS) is 10.4. The van der Waals surface area contributed by atoms with Gasteiger partial charge in [0.15, 0.2) is 0 Å². The highest BCUT2D eigenvalue weighted by molar-refractivity contribution is 9.10. The fraction of sp³-hybridized carbons (Fsp3) is 0.333. The number of halogens is 2. The number of aliphatic carboxylic acids is 1. The summed E-state index contributed by atoms with van der Waals surface area (Å²) in [5.41, 5.74) is 0.428. The number of benzene rings is 1. The molecule has 1 aromatic carbocycles. The lowest BCUT2D eigenvalue weighted by Gasteiger charge is -2.25. The summed E-state index contributed by atoms with van der Waals surface area (Å²) < 4.78 is 0.765. The molecular formula is C12H14BrClN2O3. The van der Waals surface area contributed by atoms with Crippen molar-refractivity contribution in [3.63, 3.8) is 0 Å². The molecule has 0 spiro atoms. The average Bonchev–Trinajstić information content (AvgIpc) is 2.30. The molecule has 0 unspecified atom stereocenters. The van der Waals surface area contributed by atoms with Crippen molar-refractivity contribution in [3.05, 3.63) is 27.7 Å². The van der Waals surface area contributed by atoms with E-state index in [0.717, 1.165) is 4.47 Å². The van der Waals surface area contributed by atoms with Gasteiger partial charge in [0, 0.05) is 10.5 Å². The first-order chi connectivity index (χ1) is 8.81. The highest BCUT2D eigenvalue weighted by Crippen LogP contribution is 2.26. The van der Waals surface area contributed by atoms with E-state index in [0.29, 0.717) is 10.7 Å². The summed E-state index contributed by atoms with van der Waals surface area (Å²) in [7, 11) is 0. The Morgan fingerprint density at radius 2 is 2.11 bits per heavy atom. The first kappa shape index (κ1) is 15.8. The Bertz CT molecular complexity index is 494. The number of carboxylic acid groups (broad SMARTS) is 1. The number of carboxylic acids is 1. The molecule has 0 saturated heterocycles. The van der Waals surface area contributed by atoms with Crippen LogP contribution in [0.4, 0.5) is 10.5 Å². The lowest BCUT2D eigenvalue weighted by molar-refractivity contribution is -0.137. The van der Waals surface area contributed by atoms with Gasteiger partial charge in [-0.25, -0.2) is 4.79 Å². The Hall–Kier alpha value is -1.27. The van der Waals surface area contributed by atoms with E-state index in [4.69, 9.17) is 16.7 Å². The van der Waals surface area contributed by atoms with Gasteiger partial charge < -0.3 is 15.3 Å². The molecule has 0 aliphatic carbocycles. The third-order valence-electron chi connectivity index (χ3n) is 2.36. The van der Waals surface area contributed by atoms with E-state index < -0.39 is 12.0 Å². The SMILES string of the molecule is CC(C)N(CC(=O)O)C(=O)Nc1cc(Br)ccc1Cl. The summed E-state index contributed by atoms with van der Waals surface area (Å²) in [5, 5.41) is 11.8. The van der Waals surface area contributed by atoms with Gasteiger partial charge >= 0.3 is 12.0 Å². The van der Waals surface area contributed by atoms with Gasteiger partial charge in [-0.2, -0.15) is 0 Å². The van der Waals surface area contributed by atoms with Crippen molar-refractivity contribution in [3.8, 4) is 0 Å². The van der Waals surface area contributed by atoms with Crippen molar-refractivity contribution in [2.45, 2.75) is 19.9 Å². The van der Waals surface area contributed by atoms with Crippen LogP contribution >= 0.6 is 27.5 Å². The number of anilines is 1. The molecule has 104 valence electrons. The van der Waals surface area contributed by atoms with Crippen LogP contribution in [0.2, 0.25) is 5.02 Å². The number of carbonyl (C=O) groups excluding carboxylic acids is 1. The topological polar surface area (TPSA) is 69.6 Å². The maximum absolute atomic E-state index is 12.0. The molecule has 0 saturated carbocycles. The molecule has 2 N–H and O–H groups in total. The van der Waals surface area contributed by atoms with Gasteiger partial charge in [0.1, 0.15) is 6.54 Å². The van der Waals surface area contributed by atoms with E-state index in [-0.39, 0.29) is 12.6 Å². The molecule has 0 aromatic heterocycles. The van der Waals surface area contributed by atoms with Crippen LogP contribution in [0.3, 0.4) is 0 Å². The van der Waals surface area contributed by atoms with Crippen molar-refractivity contribution in [2.24, 2.45) is 0 Å². The Labute approximate surface area is 124 Å². The number of carbonyl (C=O) groups is 2. The molecule has 0 bridgehead atoms. The zero-order chi connectivity index (χ0) is 14.6. The molecule has 0 aliphatic heterocycles.